The number of amides is 1. The average Bonchev–Trinajstić information content (AvgIpc) is 2.76. The van der Waals surface area contributed by atoms with E-state index in [9.17, 15) is 4.79 Å². The highest BCUT2D eigenvalue weighted by Crippen LogP contribution is 2.28. The van der Waals surface area contributed by atoms with Crippen LogP contribution in [0, 0.1) is 0 Å². The Morgan fingerprint density at radius 2 is 2.15 bits per heavy atom. The minimum Gasteiger partial charge on any atom is -0.496 e. The zero-order valence-corrected chi connectivity index (χ0v) is 12.4. The van der Waals surface area contributed by atoms with Gasteiger partial charge in [-0.05, 0) is 30.5 Å². The number of hydrogen-bond donors (Lipinski definition) is 1. The maximum Gasteiger partial charge on any atom is 0.223 e. The number of rotatable bonds is 4. The molecule has 0 spiro atoms. The third-order valence-corrected chi connectivity index (χ3v) is 3.84. The number of hydrogen-bond acceptors (Lipinski definition) is 3. The first-order chi connectivity index (χ1) is 9.72. The largest absolute Gasteiger partial charge is 0.496 e. The van der Waals surface area contributed by atoms with Gasteiger partial charge in [0, 0.05) is 26.1 Å². The molecular formula is C16H24N2O2. The van der Waals surface area contributed by atoms with Crippen LogP contribution >= 0.6 is 0 Å². The second kappa shape index (κ2) is 7.29. The maximum atomic E-state index is 12.4. The summed E-state index contributed by atoms with van der Waals surface area (Å²) in [5.41, 5.74) is 1.11. The molecule has 1 unspecified atom stereocenters. The molecule has 110 valence electrons. The van der Waals surface area contributed by atoms with Crippen molar-refractivity contribution in [2.24, 2.45) is 0 Å². The van der Waals surface area contributed by atoms with Gasteiger partial charge >= 0.3 is 0 Å². The van der Waals surface area contributed by atoms with Crippen LogP contribution in [0.1, 0.15) is 31.2 Å². The molecule has 1 atom stereocenters. The van der Waals surface area contributed by atoms with Crippen LogP contribution < -0.4 is 10.1 Å². The summed E-state index contributed by atoms with van der Waals surface area (Å²) in [5.74, 6) is 1.28. The molecule has 4 nitrogen and oxygen atoms in total. The predicted molar refractivity (Wildman–Crippen MR) is 80.1 cm³/mol. The zero-order valence-electron chi connectivity index (χ0n) is 12.4. The van der Waals surface area contributed by atoms with E-state index in [4.69, 9.17) is 4.74 Å². The van der Waals surface area contributed by atoms with Crippen molar-refractivity contribution < 1.29 is 9.53 Å². The monoisotopic (exact) mass is 276 g/mol. The summed E-state index contributed by atoms with van der Waals surface area (Å²) in [6, 6.07) is 7.94. The SMILES string of the molecule is COc1ccccc1C(C)CC(=O)N1CCCNCC1. The third-order valence-electron chi connectivity index (χ3n) is 3.84. The first-order valence-electron chi connectivity index (χ1n) is 7.33. The van der Waals surface area contributed by atoms with Crippen LogP contribution in [-0.2, 0) is 4.79 Å². The lowest BCUT2D eigenvalue weighted by atomic mass is 9.96. The van der Waals surface area contributed by atoms with Gasteiger partial charge in [-0.2, -0.15) is 0 Å². The van der Waals surface area contributed by atoms with Crippen molar-refractivity contribution in [1.29, 1.82) is 0 Å². The molecule has 1 amide bonds. The molecule has 1 aromatic rings. The smallest absolute Gasteiger partial charge is 0.223 e. The van der Waals surface area contributed by atoms with Gasteiger partial charge in [-0.1, -0.05) is 25.1 Å². The molecular weight excluding hydrogens is 252 g/mol. The Labute approximate surface area is 121 Å². The lowest BCUT2D eigenvalue weighted by Crippen LogP contribution is -2.34. The highest BCUT2D eigenvalue weighted by Gasteiger charge is 2.20. The van der Waals surface area contributed by atoms with Crippen LogP contribution in [-0.4, -0.2) is 44.1 Å². The summed E-state index contributed by atoms with van der Waals surface area (Å²) < 4.78 is 5.38. The molecule has 20 heavy (non-hydrogen) atoms. The molecule has 2 rings (SSSR count). The number of nitrogens with zero attached hydrogens (tertiary/aromatic N) is 1. The molecule has 0 radical (unpaired) electrons. The van der Waals surface area contributed by atoms with Crippen LogP contribution in [0.3, 0.4) is 0 Å². The van der Waals surface area contributed by atoms with Gasteiger partial charge in [0.1, 0.15) is 5.75 Å². The van der Waals surface area contributed by atoms with Crippen LogP contribution in [0.25, 0.3) is 0 Å². The van der Waals surface area contributed by atoms with E-state index in [1.807, 2.05) is 29.2 Å². The highest BCUT2D eigenvalue weighted by atomic mass is 16.5. The Bertz CT molecular complexity index is 440. The number of carbonyl (C=O) groups excluding carboxylic acids is 1. The molecule has 4 heteroatoms. The van der Waals surface area contributed by atoms with E-state index in [1.54, 1.807) is 7.11 Å². The van der Waals surface area contributed by atoms with Crippen LogP contribution in [0.4, 0.5) is 0 Å². The van der Waals surface area contributed by atoms with Gasteiger partial charge in [0.25, 0.3) is 0 Å². The minimum absolute atomic E-state index is 0.176. The number of carbonyl (C=O) groups is 1. The van der Waals surface area contributed by atoms with Crippen molar-refractivity contribution in [2.45, 2.75) is 25.7 Å². The normalized spacial score (nSPS) is 17.4. The predicted octanol–water partition coefficient (Wildman–Crippen LogP) is 2.01. The van der Waals surface area contributed by atoms with Gasteiger partial charge in [0.15, 0.2) is 0 Å². The molecule has 1 N–H and O–H groups in total. The molecule has 1 saturated heterocycles. The fourth-order valence-corrected chi connectivity index (χ4v) is 2.67. The third kappa shape index (κ3) is 3.73. The first kappa shape index (κ1) is 14.9. The number of ether oxygens (including phenoxy) is 1. The van der Waals surface area contributed by atoms with E-state index in [0.717, 1.165) is 43.9 Å². The van der Waals surface area contributed by atoms with Gasteiger partial charge < -0.3 is 15.0 Å². The summed E-state index contributed by atoms with van der Waals surface area (Å²) in [5, 5.41) is 3.32. The van der Waals surface area contributed by atoms with Crippen molar-refractivity contribution in [2.75, 3.05) is 33.3 Å². The molecule has 0 aliphatic carbocycles. The Morgan fingerprint density at radius 3 is 2.95 bits per heavy atom. The quantitative estimate of drug-likeness (QED) is 0.914. The summed E-state index contributed by atoms with van der Waals surface area (Å²) >= 11 is 0. The zero-order chi connectivity index (χ0) is 14.4. The van der Waals surface area contributed by atoms with E-state index in [0.29, 0.717) is 6.42 Å². The van der Waals surface area contributed by atoms with Gasteiger partial charge in [-0.25, -0.2) is 0 Å². The summed E-state index contributed by atoms with van der Waals surface area (Å²) in [6.45, 7) is 5.68. The maximum absolute atomic E-state index is 12.4. The number of para-hydroxylation sites is 1. The lowest BCUT2D eigenvalue weighted by molar-refractivity contribution is -0.131. The van der Waals surface area contributed by atoms with Crippen LogP contribution in [0.5, 0.6) is 5.75 Å². The molecule has 0 saturated carbocycles. The molecule has 1 aliphatic heterocycles. The van der Waals surface area contributed by atoms with E-state index in [2.05, 4.69) is 12.2 Å². The molecule has 1 aromatic carbocycles. The van der Waals surface area contributed by atoms with Crippen molar-refractivity contribution >= 4 is 5.91 Å². The van der Waals surface area contributed by atoms with E-state index in [-0.39, 0.29) is 11.8 Å². The van der Waals surface area contributed by atoms with Gasteiger partial charge in [-0.15, -0.1) is 0 Å². The Morgan fingerprint density at radius 1 is 1.35 bits per heavy atom. The van der Waals surface area contributed by atoms with E-state index >= 15 is 0 Å². The Kier molecular flexibility index (Phi) is 5.41. The summed E-state index contributed by atoms with van der Waals surface area (Å²) in [7, 11) is 1.67. The molecule has 1 aliphatic rings. The first-order valence-corrected chi connectivity index (χ1v) is 7.33. The standard InChI is InChI=1S/C16H24N2O2/c1-13(14-6-3-4-7-15(14)20-2)12-16(19)18-10-5-8-17-9-11-18/h3-4,6-7,13,17H,5,8-12H2,1-2H3. The van der Waals surface area contributed by atoms with Crippen molar-refractivity contribution in [1.82, 2.24) is 10.2 Å². The highest BCUT2D eigenvalue weighted by molar-refractivity contribution is 5.77. The van der Waals surface area contributed by atoms with E-state index in [1.165, 1.54) is 0 Å². The van der Waals surface area contributed by atoms with Crippen molar-refractivity contribution in [3.63, 3.8) is 0 Å². The Hall–Kier alpha value is -1.55. The number of benzene rings is 1. The van der Waals surface area contributed by atoms with Crippen molar-refractivity contribution in [3.8, 4) is 5.75 Å². The number of methoxy groups -OCH3 is 1. The lowest BCUT2D eigenvalue weighted by Gasteiger charge is -2.22. The molecule has 0 aromatic heterocycles. The second-order valence-electron chi connectivity index (χ2n) is 5.33. The van der Waals surface area contributed by atoms with Gasteiger partial charge in [-0.3, -0.25) is 4.79 Å². The van der Waals surface area contributed by atoms with Crippen LogP contribution in [0.2, 0.25) is 0 Å². The summed E-state index contributed by atoms with van der Waals surface area (Å²) in [4.78, 5) is 14.4. The van der Waals surface area contributed by atoms with Crippen molar-refractivity contribution in [3.05, 3.63) is 29.8 Å². The molecule has 1 fully saturated rings. The average molecular weight is 276 g/mol. The fraction of sp³-hybridized carbons (Fsp3) is 0.562. The van der Waals surface area contributed by atoms with Gasteiger partial charge in [0.05, 0.1) is 7.11 Å². The second-order valence-corrected chi connectivity index (χ2v) is 5.33. The molecule has 0 bridgehead atoms. The van der Waals surface area contributed by atoms with Gasteiger partial charge in [0.2, 0.25) is 5.91 Å². The Balaban J connectivity index is 1.99. The fourth-order valence-electron chi connectivity index (χ4n) is 2.67. The summed E-state index contributed by atoms with van der Waals surface area (Å²) in [6.07, 6.45) is 1.58. The number of nitrogens with one attached hydrogen (secondary N) is 1. The van der Waals surface area contributed by atoms with Crippen LogP contribution in [0.15, 0.2) is 24.3 Å². The molecule has 1 heterocycles. The van der Waals surface area contributed by atoms with E-state index < -0.39 is 0 Å². The minimum atomic E-state index is 0.176. The topological polar surface area (TPSA) is 41.6 Å².